The van der Waals surface area contributed by atoms with Crippen LogP contribution in [0.2, 0.25) is 26.6 Å². The first kappa shape index (κ1) is 39.7. The number of thiophene rings is 2. The van der Waals surface area contributed by atoms with Crippen molar-refractivity contribution in [1.29, 1.82) is 0 Å². The zero-order chi connectivity index (χ0) is 33.9. The molecule has 0 unspecified atom stereocenters. The van der Waals surface area contributed by atoms with Gasteiger partial charge in [0.2, 0.25) is 0 Å². The summed E-state index contributed by atoms with van der Waals surface area (Å²) in [5.41, 5.74) is 1.71. The maximum absolute atomic E-state index is 16.5. The van der Waals surface area contributed by atoms with Crippen molar-refractivity contribution < 1.29 is 8.78 Å². The summed E-state index contributed by atoms with van der Waals surface area (Å²) >= 11 is -0.838. The summed E-state index contributed by atoms with van der Waals surface area (Å²) in [5, 5.41) is 0. The fourth-order valence-electron chi connectivity index (χ4n) is 7.49. The molecular weight excluding hydrogens is 856 g/mol. The molecule has 4 aromatic rings. The number of aromatic nitrogens is 2. The molecule has 260 valence electrons. The summed E-state index contributed by atoms with van der Waals surface area (Å²) in [4.78, 5) is 1.65. The van der Waals surface area contributed by atoms with E-state index < -0.39 is 48.4 Å². The summed E-state index contributed by atoms with van der Waals surface area (Å²) in [6.07, 6.45) is 14.9. The Bertz CT molecular complexity index is 1370. The first-order chi connectivity index (χ1) is 22.8. The molecule has 0 spiro atoms. The minimum absolute atomic E-state index is 0.326. The molecule has 3 heterocycles. The summed E-state index contributed by atoms with van der Waals surface area (Å²) < 4.78 is 53.5. The molecule has 3 aromatic heterocycles. The second-order valence-corrected chi connectivity index (χ2v) is 44.9. The van der Waals surface area contributed by atoms with Crippen LogP contribution >= 0.6 is 34.4 Å². The van der Waals surface area contributed by atoms with Crippen LogP contribution in [0.25, 0.3) is 31.9 Å². The van der Waals surface area contributed by atoms with E-state index in [4.69, 9.17) is 0 Å². The van der Waals surface area contributed by atoms with Gasteiger partial charge in [-0.1, -0.05) is 0 Å². The molecule has 0 fully saturated rings. The zero-order valence-corrected chi connectivity index (χ0v) is 38.1. The zero-order valence-electron chi connectivity index (χ0n) is 29.9. The van der Waals surface area contributed by atoms with Crippen LogP contribution < -0.4 is 5.79 Å². The molecule has 4 rings (SSSR count). The number of fused-ring (bicyclic) bond motifs is 1. The van der Waals surface area contributed by atoms with Gasteiger partial charge in [0.25, 0.3) is 0 Å². The molecule has 0 N–H and O–H groups in total. The van der Waals surface area contributed by atoms with Gasteiger partial charge in [-0.25, -0.2) is 0 Å². The summed E-state index contributed by atoms with van der Waals surface area (Å²) in [6, 6.07) is 8.75. The van der Waals surface area contributed by atoms with Crippen molar-refractivity contribution in [2.24, 2.45) is 0 Å². The summed E-state index contributed by atoms with van der Waals surface area (Å²) in [7, 11) is 0. The van der Waals surface area contributed by atoms with Crippen LogP contribution in [-0.4, -0.2) is 45.5 Å². The second-order valence-electron chi connectivity index (χ2n) is 13.8. The number of rotatable bonds is 22. The first-order valence-corrected chi connectivity index (χ1v) is 36.0. The SMILES string of the molecule is CCC[CH2][Sn]([CH2]CCC)([CH2]CCC)[c]1ccc(-c2c(F)c(F)c(-c3cc[c]([Sn]([CH2]CCC)([CH2]CCC)[CH2]CCC)s3)c3nsnc23)s1. The molecule has 0 atom stereocenters. The predicted molar refractivity (Wildman–Crippen MR) is 213 cm³/mol. The molecular formula is C38H58F2N2S3Sn2. The van der Waals surface area contributed by atoms with Gasteiger partial charge in [0.05, 0.1) is 0 Å². The van der Waals surface area contributed by atoms with Crippen LogP contribution in [0.4, 0.5) is 8.78 Å². The van der Waals surface area contributed by atoms with Gasteiger partial charge in [0, 0.05) is 0 Å². The van der Waals surface area contributed by atoms with Gasteiger partial charge < -0.3 is 0 Å². The predicted octanol–water partition coefficient (Wildman–Crippen LogP) is 13.5. The van der Waals surface area contributed by atoms with E-state index in [9.17, 15) is 0 Å². The van der Waals surface area contributed by atoms with Gasteiger partial charge in [0.1, 0.15) is 0 Å². The molecule has 0 saturated heterocycles. The third-order valence-electron chi connectivity index (χ3n) is 10.4. The van der Waals surface area contributed by atoms with Gasteiger partial charge in [0.15, 0.2) is 0 Å². The monoisotopic (exact) mass is 916 g/mol. The molecule has 0 aliphatic carbocycles. The van der Waals surface area contributed by atoms with Crippen molar-refractivity contribution in [3.05, 3.63) is 35.9 Å². The van der Waals surface area contributed by atoms with Crippen molar-refractivity contribution in [3.8, 4) is 20.9 Å². The van der Waals surface area contributed by atoms with Crippen molar-refractivity contribution >= 4 is 88.0 Å². The molecule has 47 heavy (non-hydrogen) atoms. The molecule has 9 heteroatoms. The van der Waals surface area contributed by atoms with Crippen LogP contribution in [0.15, 0.2) is 24.3 Å². The van der Waals surface area contributed by atoms with Gasteiger partial charge in [-0.05, 0) is 0 Å². The molecule has 0 bridgehead atoms. The van der Waals surface area contributed by atoms with E-state index in [-0.39, 0.29) is 0 Å². The molecule has 1 aromatic carbocycles. The van der Waals surface area contributed by atoms with Crippen molar-refractivity contribution in [3.63, 3.8) is 0 Å². The minimum atomic E-state index is -2.71. The van der Waals surface area contributed by atoms with Gasteiger partial charge >= 0.3 is 307 Å². The number of halogens is 2. The van der Waals surface area contributed by atoms with E-state index >= 15 is 8.78 Å². The fraction of sp³-hybridized carbons (Fsp3) is 0.632. The first-order valence-electron chi connectivity index (χ1n) is 18.7. The van der Waals surface area contributed by atoms with Crippen LogP contribution in [0.1, 0.15) is 119 Å². The molecule has 0 saturated carbocycles. The normalized spacial score (nSPS) is 12.5. The van der Waals surface area contributed by atoms with Gasteiger partial charge in [-0.3, -0.25) is 0 Å². The molecule has 0 aliphatic heterocycles. The van der Waals surface area contributed by atoms with Crippen LogP contribution in [0.5, 0.6) is 0 Å². The molecule has 0 radical (unpaired) electrons. The van der Waals surface area contributed by atoms with E-state index in [1.165, 1.54) is 109 Å². The van der Waals surface area contributed by atoms with Crippen LogP contribution in [0.3, 0.4) is 0 Å². The summed E-state index contributed by atoms with van der Waals surface area (Å²) in [5.74, 6) is -1.50. The Morgan fingerprint density at radius 2 is 0.787 bits per heavy atom. The van der Waals surface area contributed by atoms with Crippen molar-refractivity contribution in [2.75, 3.05) is 0 Å². The van der Waals surface area contributed by atoms with Crippen molar-refractivity contribution in [2.45, 2.75) is 145 Å². The maximum atomic E-state index is 16.5. The van der Waals surface area contributed by atoms with E-state index in [0.717, 1.165) is 21.5 Å². The third-order valence-corrected chi connectivity index (χ3v) is 49.7. The molecule has 2 nitrogen and oxygen atoms in total. The number of unbranched alkanes of at least 4 members (excludes halogenated alkanes) is 6. The number of hydrogen-bond donors (Lipinski definition) is 0. The van der Waals surface area contributed by atoms with E-state index in [1.54, 1.807) is 22.7 Å². The Balaban J connectivity index is 1.81. The molecule has 0 aliphatic rings. The topological polar surface area (TPSA) is 25.8 Å². The van der Waals surface area contributed by atoms with Gasteiger partial charge in [-0.15, -0.1) is 0 Å². The Kier molecular flexibility index (Phi) is 16.5. The standard InChI is InChI=1S/C14H4F2N2S3.6C4H9.2Sn/c15-11-9(7-3-1-5-19-7)13-14(18-21-17-13)10(12(11)16)8-4-2-6-20-8;6*1-3-4-2;;/h1-4H;6*1,3-4H2,2H3;;. The van der Waals surface area contributed by atoms with Gasteiger partial charge in [-0.2, -0.15) is 0 Å². The Morgan fingerprint density at radius 1 is 0.489 bits per heavy atom. The quantitative estimate of drug-likeness (QED) is 0.0734. The fourth-order valence-corrected chi connectivity index (χ4v) is 48.4. The second kappa shape index (κ2) is 19.5. The Morgan fingerprint density at radius 3 is 1.06 bits per heavy atom. The van der Waals surface area contributed by atoms with Crippen molar-refractivity contribution in [1.82, 2.24) is 8.75 Å². The Hall–Kier alpha value is -0.103. The third kappa shape index (κ3) is 9.23. The average Bonchev–Trinajstić information content (AvgIpc) is 3.88. The van der Waals surface area contributed by atoms with E-state index in [0.29, 0.717) is 22.2 Å². The number of hydrogen-bond acceptors (Lipinski definition) is 5. The van der Waals surface area contributed by atoms with E-state index in [1.807, 2.05) is 0 Å². The number of benzene rings is 1. The average molecular weight is 915 g/mol. The Labute approximate surface area is 304 Å². The molecule has 0 amide bonds. The number of nitrogens with zero attached hydrogens (tertiary/aromatic N) is 2. The van der Waals surface area contributed by atoms with Crippen LogP contribution in [-0.2, 0) is 0 Å². The van der Waals surface area contributed by atoms with E-state index in [2.05, 4.69) is 74.6 Å². The summed E-state index contributed by atoms with van der Waals surface area (Å²) in [6.45, 7) is 13.8. The van der Waals surface area contributed by atoms with Crippen LogP contribution in [0, 0.1) is 11.6 Å².